The van der Waals surface area contributed by atoms with E-state index in [1.54, 1.807) is 0 Å². The molecule has 2 amide bonds. The van der Waals surface area contributed by atoms with Crippen LogP contribution < -0.4 is 10.6 Å². The van der Waals surface area contributed by atoms with Gasteiger partial charge in [-0.3, -0.25) is 4.79 Å². The number of halogens is 2. The maximum Gasteiger partial charge on any atom is 0.315 e. The zero-order valence-corrected chi connectivity index (χ0v) is 16.8. The lowest BCUT2D eigenvalue weighted by molar-refractivity contribution is -0.179. The number of alkyl halides is 2. The molecule has 1 heterocycles. The average Bonchev–Trinajstić information content (AvgIpc) is 3.31. The molecule has 0 aromatic heterocycles. The predicted molar refractivity (Wildman–Crippen MR) is 99.1 cm³/mol. The number of amides is 2. The summed E-state index contributed by atoms with van der Waals surface area (Å²) in [6, 6.07) is 0.166. The number of ether oxygens (including phenoxy) is 2. The first-order valence-corrected chi connectivity index (χ1v) is 10.3. The Morgan fingerprint density at radius 2 is 1.83 bits per heavy atom. The van der Waals surface area contributed by atoms with Gasteiger partial charge in [0.1, 0.15) is 0 Å². The van der Waals surface area contributed by atoms with Crippen molar-refractivity contribution in [3.05, 3.63) is 0 Å². The van der Waals surface area contributed by atoms with E-state index in [1.807, 2.05) is 0 Å². The van der Waals surface area contributed by atoms with E-state index in [0.717, 1.165) is 19.8 Å². The standard InChI is InChI=1S/C20H29F2N3O4/c1-18(21,22)12-15(16(26)4-5-19(13-23)8-9-19)25-17(27)24-14-2-6-20(7-3-14)28-10-11-29-20/h14-15H,2-12H2,1H3,(H2,24,25,27). The van der Waals surface area contributed by atoms with Gasteiger partial charge in [0.15, 0.2) is 11.6 Å². The highest BCUT2D eigenvalue weighted by molar-refractivity contribution is 5.88. The van der Waals surface area contributed by atoms with Crippen LogP contribution in [0.4, 0.5) is 13.6 Å². The molecule has 3 aliphatic rings. The van der Waals surface area contributed by atoms with Crippen molar-refractivity contribution in [1.29, 1.82) is 5.26 Å². The van der Waals surface area contributed by atoms with E-state index in [1.165, 1.54) is 0 Å². The Labute approximate surface area is 169 Å². The van der Waals surface area contributed by atoms with E-state index >= 15 is 0 Å². The van der Waals surface area contributed by atoms with Gasteiger partial charge in [-0.15, -0.1) is 0 Å². The van der Waals surface area contributed by atoms with Crippen molar-refractivity contribution < 1.29 is 27.8 Å². The number of ketones is 1. The molecular formula is C20H29F2N3O4. The van der Waals surface area contributed by atoms with E-state index in [0.29, 0.717) is 45.3 Å². The zero-order valence-electron chi connectivity index (χ0n) is 16.8. The highest BCUT2D eigenvalue weighted by atomic mass is 19.3. The van der Waals surface area contributed by atoms with Gasteiger partial charge in [0.2, 0.25) is 5.92 Å². The van der Waals surface area contributed by atoms with Crippen LogP contribution in [0.3, 0.4) is 0 Å². The van der Waals surface area contributed by atoms with Gasteiger partial charge in [-0.05, 0) is 39.0 Å². The molecule has 2 saturated carbocycles. The lowest BCUT2D eigenvalue weighted by Gasteiger charge is -2.35. The predicted octanol–water partition coefficient (Wildman–Crippen LogP) is 3.04. The highest BCUT2D eigenvalue weighted by Gasteiger charge is 2.44. The van der Waals surface area contributed by atoms with Gasteiger partial charge in [0.25, 0.3) is 0 Å². The molecule has 7 nitrogen and oxygen atoms in total. The van der Waals surface area contributed by atoms with Crippen molar-refractivity contribution in [2.45, 2.75) is 88.5 Å². The molecule has 3 fully saturated rings. The van der Waals surface area contributed by atoms with Crippen LogP contribution in [0, 0.1) is 16.7 Å². The van der Waals surface area contributed by atoms with E-state index in [4.69, 9.17) is 14.7 Å². The lowest BCUT2D eigenvalue weighted by Crippen LogP contribution is -2.52. The third-order valence-electron chi connectivity index (χ3n) is 6.09. The molecule has 2 N–H and O–H groups in total. The number of rotatable bonds is 8. The summed E-state index contributed by atoms with van der Waals surface area (Å²) >= 11 is 0. The van der Waals surface area contributed by atoms with Gasteiger partial charge in [-0.1, -0.05) is 0 Å². The van der Waals surface area contributed by atoms with Crippen LogP contribution >= 0.6 is 0 Å². The van der Waals surface area contributed by atoms with Gasteiger partial charge in [-0.2, -0.15) is 5.26 Å². The Bertz CT molecular complexity index is 654. The summed E-state index contributed by atoms with van der Waals surface area (Å²) in [5, 5.41) is 14.3. The van der Waals surface area contributed by atoms with Crippen molar-refractivity contribution in [1.82, 2.24) is 10.6 Å². The third-order valence-corrected chi connectivity index (χ3v) is 6.09. The Hall–Kier alpha value is -1.79. The molecule has 2 aliphatic carbocycles. The summed E-state index contributed by atoms with van der Waals surface area (Å²) < 4.78 is 38.4. The van der Waals surface area contributed by atoms with Crippen molar-refractivity contribution in [2.75, 3.05) is 13.2 Å². The van der Waals surface area contributed by atoms with Gasteiger partial charge in [0, 0.05) is 31.7 Å². The van der Waals surface area contributed by atoms with Gasteiger partial charge in [-0.25, -0.2) is 13.6 Å². The fourth-order valence-electron chi connectivity index (χ4n) is 4.08. The second-order valence-electron chi connectivity index (χ2n) is 8.69. The molecule has 1 saturated heterocycles. The largest absolute Gasteiger partial charge is 0.348 e. The second-order valence-corrected chi connectivity index (χ2v) is 8.69. The minimum Gasteiger partial charge on any atom is -0.348 e. The van der Waals surface area contributed by atoms with Crippen molar-refractivity contribution in [3.8, 4) is 6.07 Å². The molecule has 1 aliphatic heterocycles. The van der Waals surface area contributed by atoms with Crippen LogP contribution in [0.25, 0.3) is 0 Å². The molecule has 0 bridgehead atoms. The van der Waals surface area contributed by atoms with Crippen molar-refractivity contribution >= 4 is 11.8 Å². The summed E-state index contributed by atoms with van der Waals surface area (Å²) in [6.07, 6.45) is 3.69. The Morgan fingerprint density at radius 3 is 2.34 bits per heavy atom. The molecule has 0 aromatic rings. The first-order valence-electron chi connectivity index (χ1n) is 10.3. The van der Waals surface area contributed by atoms with Gasteiger partial charge >= 0.3 is 6.03 Å². The maximum absolute atomic E-state index is 13.6. The van der Waals surface area contributed by atoms with Crippen LogP contribution in [0.5, 0.6) is 0 Å². The van der Waals surface area contributed by atoms with Crippen molar-refractivity contribution in [2.24, 2.45) is 5.41 Å². The zero-order chi connectivity index (χ0) is 21.1. The molecule has 1 atom stereocenters. The fourth-order valence-corrected chi connectivity index (χ4v) is 4.08. The Morgan fingerprint density at radius 1 is 1.21 bits per heavy atom. The second kappa shape index (κ2) is 8.52. The molecule has 162 valence electrons. The fraction of sp³-hybridized carbons (Fsp3) is 0.850. The van der Waals surface area contributed by atoms with Crippen molar-refractivity contribution in [3.63, 3.8) is 0 Å². The molecule has 1 spiro atoms. The van der Waals surface area contributed by atoms with E-state index in [2.05, 4.69) is 16.7 Å². The summed E-state index contributed by atoms with van der Waals surface area (Å²) in [4.78, 5) is 24.9. The highest BCUT2D eigenvalue weighted by Crippen LogP contribution is 2.49. The van der Waals surface area contributed by atoms with E-state index in [-0.39, 0.29) is 12.5 Å². The summed E-state index contributed by atoms with van der Waals surface area (Å²) in [5.74, 6) is -4.09. The molecule has 0 aromatic carbocycles. The monoisotopic (exact) mass is 413 g/mol. The minimum absolute atomic E-state index is 0.00914. The summed E-state index contributed by atoms with van der Waals surface area (Å²) in [5.41, 5.74) is -0.486. The smallest absolute Gasteiger partial charge is 0.315 e. The molecular weight excluding hydrogens is 384 g/mol. The third kappa shape index (κ3) is 6.09. The quantitative estimate of drug-likeness (QED) is 0.637. The minimum atomic E-state index is -3.09. The van der Waals surface area contributed by atoms with Crippen LogP contribution in [0.1, 0.15) is 64.7 Å². The number of Topliss-reactive ketones (excluding diaryl/α,β-unsaturated/α-hetero) is 1. The topological polar surface area (TPSA) is 100 Å². The Kier molecular flexibility index (Phi) is 6.44. The molecule has 0 radical (unpaired) electrons. The van der Waals surface area contributed by atoms with Gasteiger partial charge < -0.3 is 20.1 Å². The number of carbonyl (C=O) groups is 2. The van der Waals surface area contributed by atoms with E-state index < -0.39 is 41.4 Å². The van der Waals surface area contributed by atoms with E-state index in [9.17, 15) is 18.4 Å². The lowest BCUT2D eigenvalue weighted by atomic mass is 9.90. The number of hydrogen-bond acceptors (Lipinski definition) is 5. The summed E-state index contributed by atoms with van der Waals surface area (Å²) in [6.45, 7) is 1.87. The van der Waals surface area contributed by atoms with Crippen LogP contribution in [-0.4, -0.2) is 48.8 Å². The van der Waals surface area contributed by atoms with Crippen LogP contribution in [0.2, 0.25) is 0 Å². The average molecular weight is 413 g/mol. The Balaban J connectivity index is 1.49. The number of urea groups is 1. The SMILES string of the molecule is CC(F)(F)CC(NC(=O)NC1CCC2(CC1)OCCO2)C(=O)CCC1(C#N)CC1. The maximum atomic E-state index is 13.6. The molecule has 1 unspecified atom stereocenters. The first kappa shape index (κ1) is 21.9. The number of carbonyl (C=O) groups excluding carboxylic acids is 2. The normalized spacial score (nSPS) is 23.9. The summed E-state index contributed by atoms with van der Waals surface area (Å²) in [7, 11) is 0. The van der Waals surface area contributed by atoms with Crippen LogP contribution in [-0.2, 0) is 14.3 Å². The van der Waals surface area contributed by atoms with Crippen LogP contribution in [0.15, 0.2) is 0 Å². The number of hydrogen-bond donors (Lipinski definition) is 2. The van der Waals surface area contributed by atoms with Gasteiger partial charge in [0.05, 0.1) is 30.7 Å². The number of nitriles is 1. The number of nitrogens with zero attached hydrogens (tertiary/aromatic N) is 1. The molecule has 3 rings (SSSR count). The first-order chi connectivity index (χ1) is 13.6. The number of nitrogens with one attached hydrogen (secondary N) is 2. The molecule has 29 heavy (non-hydrogen) atoms. The molecule has 9 heteroatoms.